The van der Waals surface area contributed by atoms with Crippen molar-refractivity contribution in [1.82, 2.24) is 14.9 Å². The van der Waals surface area contributed by atoms with E-state index in [1.165, 1.54) is 5.56 Å². The summed E-state index contributed by atoms with van der Waals surface area (Å²) in [5.74, 6) is 0.814. The number of ether oxygens (including phenoxy) is 1. The van der Waals surface area contributed by atoms with Crippen LogP contribution in [0.25, 0.3) is 11.4 Å². The molecule has 4 nitrogen and oxygen atoms in total. The molecule has 1 aromatic carbocycles. The molecule has 0 atom stereocenters. The van der Waals surface area contributed by atoms with E-state index in [4.69, 9.17) is 4.74 Å². The second-order valence-electron chi connectivity index (χ2n) is 5.07. The average molecular weight is 269 g/mol. The predicted molar refractivity (Wildman–Crippen MR) is 78.3 cm³/mol. The van der Waals surface area contributed by atoms with Crippen LogP contribution >= 0.6 is 0 Å². The summed E-state index contributed by atoms with van der Waals surface area (Å²) in [6.07, 6.45) is 1.82. The number of nitrogens with zero attached hydrogens (tertiary/aromatic N) is 3. The number of benzene rings is 1. The highest BCUT2D eigenvalue weighted by Gasteiger charge is 2.14. The lowest BCUT2D eigenvalue weighted by Gasteiger charge is -2.27. The maximum atomic E-state index is 5.40. The van der Waals surface area contributed by atoms with Crippen LogP contribution in [0, 0.1) is 6.92 Å². The summed E-state index contributed by atoms with van der Waals surface area (Å²) in [5, 5.41) is 0. The largest absolute Gasteiger partial charge is 0.379 e. The van der Waals surface area contributed by atoms with Crippen molar-refractivity contribution in [1.29, 1.82) is 0 Å². The zero-order valence-electron chi connectivity index (χ0n) is 11.7. The minimum atomic E-state index is 0.814. The summed E-state index contributed by atoms with van der Waals surface area (Å²) < 4.78 is 5.40. The van der Waals surface area contributed by atoms with Crippen LogP contribution in [0.2, 0.25) is 0 Å². The highest BCUT2D eigenvalue weighted by Crippen LogP contribution is 2.21. The molecular formula is C16H19N3O. The van der Waals surface area contributed by atoms with Gasteiger partial charge in [0.05, 0.1) is 13.2 Å². The van der Waals surface area contributed by atoms with Gasteiger partial charge in [0.2, 0.25) is 0 Å². The Morgan fingerprint density at radius 2 is 1.95 bits per heavy atom. The number of aryl methyl sites for hydroxylation is 1. The van der Waals surface area contributed by atoms with Gasteiger partial charge in [0.15, 0.2) is 5.82 Å². The first-order valence-corrected chi connectivity index (χ1v) is 7.01. The summed E-state index contributed by atoms with van der Waals surface area (Å²) >= 11 is 0. The van der Waals surface area contributed by atoms with Crippen molar-refractivity contribution in [3.8, 4) is 11.4 Å². The van der Waals surface area contributed by atoms with Gasteiger partial charge in [0, 0.05) is 37.1 Å². The third-order valence-corrected chi connectivity index (χ3v) is 3.55. The van der Waals surface area contributed by atoms with Crippen LogP contribution in [0.3, 0.4) is 0 Å². The zero-order chi connectivity index (χ0) is 13.8. The molecule has 2 heterocycles. The Morgan fingerprint density at radius 3 is 2.75 bits per heavy atom. The number of aromatic nitrogens is 2. The van der Waals surface area contributed by atoms with Gasteiger partial charge in [0.25, 0.3) is 0 Å². The van der Waals surface area contributed by atoms with Gasteiger partial charge in [-0.2, -0.15) is 0 Å². The van der Waals surface area contributed by atoms with E-state index in [1.807, 2.05) is 25.3 Å². The standard InChI is InChI=1S/C16H19N3O/c1-13-6-7-17-16(18-13)15-5-3-2-4-14(15)12-19-8-10-20-11-9-19/h2-7H,8-12H2,1H3. The van der Waals surface area contributed by atoms with Gasteiger partial charge in [-0.15, -0.1) is 0 Å². The molecule has 1 saturated heterocycles. The lowest BCUT2D eigenvalue weighted by Crippen LogP contribution is -2.35. The average Bonchev–Trinajstić information content (AvgIpc) is 2.49. The molecule has 0 amide bonds. The van der Waals surface area contributed by atoms with E-state index in [-0.39, 0.29) is 0 Å². The van der Waals surface area contributed by atoms with E-state index in [0.29, 0.717) is 0 Å². The molecule has 0 bridgehead atoms. The van der Waals surface area contributed by atoms with Gasteiger partial charge >= 0.3 is 0 Å². The number of rotatable bonds is 3. The first-order chi connectivity index (χ1) is 9.83. The highest BCUT2D eigenvalue weighted by atomic mass is 16.5. The van der Waals surface area contributed by atoms with Crippen molar-refractivity contribution in [2.75, 3.05) is 26.3 Å². The maximum absolute atomic E-state index is 5.40. The molecule has 0 unspecified atom stereocenters. The molecule has 0 N–H and O–H groups in total. The first-order valence-electron chi connectivity index (χ1n) is 7.01. The van der Waals surface area contributed by atoms with Crippen molar-refractivity contribution < 1.29 is 4.74 Å². The van der Waals surface area contributed by atoms with E-state index >= 15 is 0 Å². The fourth-order valence-electron chi connectivity index (χ4n) is 2.46. The van der Waals surface area contributed by atoms with Crippen LogP contribution in [0.1, 0.15) is 11.3 Å². The van der Waals surface area contributed by atoms with Crippen LogP contribution in [0.15, 0.2) is 36.5 Å². The Hall–Kier alpha value is -1.78. The van der Waals surface area contributed by atoms with Crippen molar-refractivity contribution >= 4 is 0 Å². The molecule has 2 aromatic rings. The first kappa shape index (κ1) is 13.2. The molecule has 4 heteroatoms. The van der Waals surface area contributed by atoms with E-state index in [2.05, 4.69) is 33.1 Å². The summed E-state index contributed by atoms with van der Waals surface area (Å²) in [4.78, 5) is 11.4. The van der Waals surface area contributed by atoms with E-state index < -0.39 is 0 Å². The Bertz CT molecular complexity index is 579. The Balaban J connectivity index is 1.87. The molecule has 1 aromatic heterocycles. The molecular weight excluding hydrogens is 250 g/mol. The fraction of sp³-hybridized carbons (Fsp3) is 0.375. The number of morpholine rings is 1. The molecule has 20 heavy (non-hydrogen) atoms. The summed E-state index contributed by atoms with van der Waals surface area (Å²) in [5.41, 5.74) is 3.40. The van der Waals surface area contributed by atoms with Crippen LogP contribution in [-0.4, -0.2) is 41.2 Å². The Labute approximate surface area is 119 Å². The Morgan fingerprint density at radius 1 is 1.15 bits per heavy atom. The molecule has 0 radical (unpaired) electrons. The van der Waals surface area contributed by atoms with Crippen LogP contribution in [0.4, 0.5) is 0 Å². The lowest BCUT2D eigenvalue weighted by molar-refractivity contribution is 0.0342. The quantitative estimate of drug-likeness (QED) is 0.857. The molecule has 1 aliphatic heterocycles. The van der Waals surface area contributed by atoms with Crippen molar-refractivity contribution in [2.45, 2.75) is 13.5 Å². The molecule has 1 aliphatic rings. The van der Waals surface area contributed by atoms with Crippen molar-refractivity contribution in [3.05, 3.63) is 47.8 Å². The van der Waals surface area contributed by atoms with Crippen LogP contribution in [-0.2, 0) is 11.3 Å². The summed E-state index contributed by atoms with van der Waals surface area (Å²) in [6, 6.07) is 10.3. The van der Waals surface area contributed by atoms with Gasteiger partial charge in [-0.25, -0.2) is 9.97 Å². The van der Waals surface area contributed by atoms with Crippen molar-refractivity contribution in [2.24, 2.45) is 0 Å². The number of hydrogen-bond donors (Lipinski definition) is 0. The molecule has 3 rings (SSSR count). The molecule has 0 aliphatic carbocycles. The lowest BCUT2D eigenvalue weighted by atomic mass is 10.1. The van der Waals surface area contributed by atoms with E-state index in [0.717, 1.165) is 49.9 Å². The third kappa shape index (κ3) is 3.03. The summed E-state index contributed by atoms with van der Waals surface area (Å²) in [7, 11) is 0. The maximum Gasteiger partial charge on any atom is 0.159 e. The second kappa shape index (κ2) is 6.11. The van der Waals surface area contributed by atoms with Gasteiger partial charge in [-0.3, -0.25) is 4.90 Å². The van der Waals surface area contributed by atoms with Gasteiger partial charge in [-0.1, -0.05) is 24.3 Å². The minimum absolute atomic E-state index is 0.814. The SMILES string of the molecule is Cc1ccnc(-c2ccccc2CN2CCOCC2)n1. The smallest absolute Gasteiger partial charge is 0.159 e. The highest BCUT2D eigenvalue weighted by molar-refractivity contribution is 5.60. The van der Waals surface area contributed by atoms with Gasteiger partial charge in [0.1, 0.15) is 0 Å². The van der Waals surface area contributed by atoms with Crippen molar-refractivity contribution in [3.63, 3.8) is 0 Å². The van der Waals surface area contributed by atoms with Gasteiger partial charge < -0.3 is 4.74 Å². The molecule has 104 valence electrons. The topological polar surface area (TPSA) is 38.2 Å². The van der Waals surface area contributed by atoms with Crippen LogP contribution in [0.5, 0.6) is 0 Å². The number of hydrogen-bond acceptors (Lipinski definition) is 4. The monoisotopic (exact) mass is 269 g/mol. The predicted octanol–water partition coefficient (Wildman–Crippen LogP) is 2.28. The normalized spacial score (nSPS) is 16.2. The molecule has 1 fully saturated rings. The van der Waals surface area contributed by atoms with E-state index in [9.17, 15) is 0 Å². The fourth-order valence-corrected chi connectivity index (χ4v) is 2.46. The second-order valence-corrected chi connectivity index (χ2v) is 5.07. The Kier molecular flexibility index (Phi) is 4.04. The van der Waals surface area contributed by atoms with E-state index in [1.54, 1.807) is 0 Å². The molecule has 0 saturated carbocycles. The third-order valence-electron chi connectivity index (χ3n) is 3.55. The zero-order valence-corrected chi connectivity index (χ0v) is 11.7. The van der Waals surface area contributed by atoms with Gasteiger partial charge in [-0.05, 0) is 18.6 Å². The minimum Gasteiger partial charge on any atom is -0.379 e. The summed E-state index contributed by atoms with van der Waals surface area (Å²) in [6.45, 7) is 6.55. The van der Waals surface area contributed by atoms with Crippen LogP contribution < -0.4 is 0 Å². The molecule has 0 spiro atoms.